The summed E-state index contributed by atoms with van der Waals surface area (Å²) in [7, 11) is 0. The maximum Gasteiger partial charge on any atom is 0.292 e. The van der Waals surface area contributed by atoms with Crippen LogP contribution in [0.5, 0.6) is 0 Å². The molecule has 132 valence electrons. The molecular weight excluding hydrogens is 360 g/mol. The van der Waals surface area contributed by atoms with Crippen LogP contribution in [0.1, 0.15) is 5.56 Å². The predicted molar refractivity (Wildman–Crippen MR) is 94.7 cm³/mol. The first-order valence-electron chi connectivity index (χ1n) is 7.51. The van der Waals surface area contributed by atoms with Gasteiger partial charge < -0.3 is 5.32 Å². The second-order valence-electron chi connectivity index (χ2n) is 5.43. The summed E-state index contributed by atoms with van der Waals surface area (Å²) in [6, 6.07) is 11.4. The van der Waals surface area contributed by atoms with Crippen molar-refractivity contribution >= 4 is 28.9 Å². The SMILES string of the molecule is Cc1ccccc1-c1nnn(CC(=O)Nc2cc(Cl)ccc2[N+](=O)[O-])n1. The molecule has 0 saturated heterocycles. The fourth-order valence-corrected chi connectivity index (χ4v) is 2.50. The standard InChI is InChI=1S/C16H13ClN6O3/c1-10-4-2-3-5-12(10)16-19-21-22(20-16)9-15(24)18-13-8-11(17)6-7-14(13)23(25)26/h2-8H,9H2,1H3,(H,18,24). The molecule has 0 unspecified atom stereocenters. The van der Waals surface area contributed by atoms with Gasteiger partial charge in [0, 0.05) is 16.7 Å². The van der Waals surface area contributed by atoms with E-state index in [1.807, 2.05) is 31.2 Å². The first-order valence-corrected chi connectivity index (χ1v) is 7.89. The third kappa shape index (κ3) is 3.83. The van der Waals surface area contributed by atoms with E-state index in [0.717, 1.165) is 15.9 Å². The summed E-state index contributed by atoms with van der Waals surface area (Å²) < 4.78 is 0. The largest absolute Gasteiger partial charge is 0.319 e. The molecule has 1 aromatic heterocycles. The molecule has 9 nitrogen and oxygen atoms in total. The predicted octanol–water partition coefficient (Wildman–Crippen LogP) is 2.85. The van der Waals surface area contributed by atoms with Gasteiger partial charge in [0.15, 0.2) is 0 Å². The highest BCUT2D eigenvalue weighted by molar-refractivity contribution is 6.31. The van der Waals surface area contributed by atoms with Gasteiger partial charge in [-0.1, -0.05) is 35.9 Å². The molecule has 26 heavy (non-hydrogen) atoms. The molecule has 1 N–H and O–H groups in total. The van der Waals surface area contributed by atoms with Gasteiger partial charge in [-0.25, -0.2) is 0 Å². The van der Waals surface area contributed by atoms with Crippen LogP contribution in [0.3, 0.4) is 0 Å². The van der Waals surface area contributed by atoms with Crippen molar-refractivity contribution in [3.8, 4) is 11.4 Å². The Bertz CT molecular complexity index is 988. The molecule has 10 heteroatoms. The Morgan fingerprint density at radius 2 is 2.08 bits per heavy atom. The summed E-state index contributed by atoms with van der Waals surface area (Å²) >= 11 is 5.84. The van der Waals surface area contributed by atoms with Crippen molar-refractivity contribution in [1.82, 2.24) is 20.2 Å². The lowest BCUT2D eigenvalue weighted by Crippen LogP contribution is -2.21. The third-order valence-electron chi connectivity index (χ3n) is 3.55. The van der Waals surface area contributed by atoms with Crippen molar-refractivity contribution in [1.29, 1.82) is 0 Å². The van der Waals surface area contributed by atoms with Gasteiger partial charge in [-0.2, -0.15) is 4.80 Å². The molecule has 0 saturated carbocycles. The number of amides is 1. The van der Waals surface area contributed by atoms with Gasteiger partial charge in [-0.15, -0.1) is 10.2 Å². The van der Waals surface area contributed by atoms with E-state index in [0.29, 0.717) is 5.82 Å². The number of carbonyl (C=O) groups excluding carboxylic acids is 1. The number of nitro groups is 1. The highest BCUT2D eigenvalue weighted by Crippen LogP contribution is 2.27. The Balaban J connectivity index is 1.75. The summed E-state index contributed by atoms with van der Waals surface area (Å²) in [6.45, 7) is 1.67. The van der Waals surface area contributed by atoms with Gasteiger partial charge in [0.05, 0.1) is 4.92 Å². The number of benzene rings is 2. The zero-order valence-corrected chi connectivity index (χ0v) is 14.3. The lowest BCUT2D eigenvalue weighted by Gasteiger charge is -2.05. The molecule has 1 heterocycles. The maximum absolute atomic E-state index is 12.2. The van der Waals surface area contributed by atoms with Crippen molar-refractivity contribution in [3.05, 3.63) is 63.2 Å². The van der Waals surface area contributed by atoms with Gasteiger partial charge in [0.2, 0.25) is 11.7 Å². The molecule has 0 spiro atoms. The molecular formula is C16H13ClN6O3. The fourth-order valence-electron chi connectivity index (χ4n) is 2.33. The monoisotopic (exact) mass is 372 g/mol. The smallest absolute Gasteiger partial charge is 0.292 e. The summed E-state index contributed by atoms with van der Waals surface area (Å²) in [4.78, 5) is 23.7. The molecule has 3 rings (SSSR count). The first kappa shape index (κ1) is 17.5. The summed E-state index contributed by atoms with van der Waals surface area (Å²) in [5.74, 6) is -0.145. The van der Waals surface area contributed by atoms with Crippen LogP contribution in [0.15, 0.2) is 42.5 Å². The lowest BCUT2D eigenvalue weighted by molar-refractivity contribution is -0.383. The van der Waals surface area contributed by atoms with Crippen LogP contribution in [0.25, 0.3) is 11.4 Å². The second kappa shape index (κ2) is 7.28. The molecule has 0 aliphatic carbocycles. The van der Waals surface area contributed by atoms with Gasteiger partial charge in [0.1, 0.15) is 12.2 Å². The molecule has 0 fully saturated rings. The number of nitro benzene ring substituents is 1. The van der Waals surface area contributed by atoms with Crippen molar-refractivity contribution < 1.29 is 9.72 Å². The molecule has 1 amide bonds. The number of hydrogen-bond acceptors (Lipinski definition) is 6. The first-order chi connectivity index (χ1) is 12.4. The second-order valence-corrected chi connectivity index (χ2v) is 5.86. The zero-order valence-electron chi connectivity index (χ0n) is 13.6. The maximum atomic E-state index is 12.2. The summed E-state index contributed by atoms with van der Waals surface area (Å²) in [6.07, 6.45) is 0. The van der Waals surface area contributed by atoms with Crippen molar-refractivity contribution in [3.63, 3.8) is 0 Å². The zero-order chi connectivity index (χ0) is 18.7. The average molecular weight is 373 g/mol. The number of rotatable bonds is 5. The van der Waals surface area contributed by atoms with E-state index >= 15 is 0 Å². The van der Waals surface area contributed by atoms with E-state index in [-0.39, 0.29) is 22.9 Å². The Hall–Kier alpha value is -3.33. The number of hydrogen-bond donors (Lipinski definition) is 1. The van der Waals surface area contributed by atoms with Crippen LogP contribution >= 0.6 is 11.6 Å². The average Bonchev–Trinajstić information content (AvgIpc) is 3.03. The number of nitrogens with zero attached hydrogens (tertiary/aromatic N) is 5. The van der Waals surface area contributed by atoms with E-state index in [9.17, 15) is 14.9 Å². The van der Waals surface area contributed by atoms with Crippen molar-refractivity contribution in [2.24, 2.45) is 0 Å². The topological polar surface area (TPSA) is 116 Å². The van der Waals surface area contributed by atoms with E-state index in [4.69, 9.17) is 11.6 Å². The minimum Gasteiger partial charge on any atom is -0.319 e. The number of halogens is 1. The highest BCUT2D eigenvalue weighted by Gasteiger charge is 2.17. The van der Waals surface area contributed by atoms with Crippen molar-refractivity contribution in [2.45, 2.75) is 13.5 Å². The van der Waals surface area contributed by atoms with E-state index in [1.54, 1.807) is 0 Å². The van der Waals surface area contributed by atoms with Gasteiger partial charge >= 0.3 is 0 Å². The van der Waals surface area contributed by atoms with Crippen LogP contribution < -0.4 is 5.32 Å². The van der Waals surface area contributed by atoms with Crippen LogP contribution in [0.4, 0.5) is 11.4 Å². The molecule has 0 radical (unpaired) electrons. The Morgan fingerprint density at radius 3 is 2.81 bits per heavy atom. The molecule has 0 aliphatic heterocycles. The number of aromatic nitrogens is 4. The van der Waals surface area contributed by atoms with Gasteiger partial charge in [0.25, 0.3) is 5.69 Å². The van der Waals surface area contributed by atoms with Crippen LogP contribution in [0.2, 0.25) is 5.02 Å². The summed E-state index contributed by atoms with van der Waals surface area (Å²) in [5, 5.41) is 25.7. The normalized spacial score (nSPS) is 10.5. The Kier molecular flexibility index (Phi) is 4.90. The minimum absolute atomic E-state index is 0.00624. The quantitative estimate of drug-likeness (QED) is 0.543. The number of tetrazole rings is 1. The van der Waals surface area contributed by atoms with E-state index in [1.165, 1.54) is 18.2 Å². The van der Waals surface area contributed by atoms with Crippen LogP contribution in [0, 0.1) is 17.0 Å². The number of anilines is 1. The van der Waals surface area contributed by atoms with Gasteiger partial charge in [-0.3, -0.25) is 14.9 Å². The lowest BCUT2D eigenvalue weighted by atomic mass is 10.1. The minimum atomic E-state index is -0.601. The molecule has 0 aliphatic rings. The molecule has 3 aromatic rings. The fraction of sp³-hybridized carbons (Fsp3) is 0.125. The summed E-state index contributed by atoms with van der Waals surface area (Å²) in [5.41, 5.74) is 1.54. The van der Waals surface area contributed by atoms with E-state index < -0.39 is 10.8 Å². The van der Waals surface area contributed by atoms with Crippen LogP contribution in [-0.2, 0) is 11.3 Å². The molecule has 0 atom stereocenters. The Labute approximate surface area is 152 Å². The molecule has 2 aromatic carbocycles. The van der Waals surface area contributed by atoms with E-state index in [2.05, 4.69) is 20.7 Å². The molecule has 0 bridgehead atoms. The van der Waals surface area contributed by atoms with Crippen LogP contribution in [-0.4, -0.2) is 31.0 Å². The highest BCUT2D eigenvalue weighted by atomic mass is 35.5. The van der Waals surface area contributed by atoms with Crippen molar-refractivity contribution in [2.75, 3.05) is 5.32 Å². The third-order valence-corrected chi connectivity index (χ3v) is 3.79. The Morgan fingerprint density at radius 1 is 1.31 bits per heavy atom. The van der Waals surface area contributed by atoms with Gasteiger partial charge in [-0.05, 0) is 29.8 Å². The number of nitrogens with one attached hydrogen (secondary N) is 1. The number of aryl methyl sites for hydroxylation is 1. The number of carbonyl (C=O) groups is 1.